The van der Waals surface area contributed by atoms with Gasteiger partial charge < -0.3 is 4.74 Å². The van der Waals surface area contributed by atoms with Crippen molar-refractivity contribution in [1.29, 1.82) is 5.26 Å². The third-order valence-corrected chi connectivity index (χ3v) is 6.36. The molecule has 23 heavy (non-hydrogen) atoms. The van der Waals surface area contributed by atoms with E-state index in [1.54, 1.807) is 0 Å². The summed E-state index contributed by atoms with van der Waals surface area (Å²) < 4.78 is 6.25. The van der Waals surface area contributed by atoms with Crippen LogP contribution in [0.2, 0.25) is 0 Å². The summed E-state index contributed by atoms with van der Waals surface area (Å²) in [6.45, 7) is 5.43. The average molecular weight is 320 g/mol. The molecule has 0 amide bonds. The summed E-state index contributed by atoms with van der Waals surface area (Å²) in [5, 5.41) is 9.50. The highest BCUT2D eigenvalue weighted by Crippen LogP contribution is 2.42. The Morgan fingerprint density at radius 3 is 2.22 bits per heavy atom. The normalized spacial score (nSPS) is 34.9. The SMILES string of the molecule is CCCC[C@H]1CC[C@H](OC[C@H]2CC[C@@](C#N)(CCC)CC2)CC1. The number of rotatable bonds is 8. The molecule has 2 heteroatoms. The largest absolute Gasteiger partial charge is 0.378 e. The molecule has 0 unspecified atom stereocenters. The smallest absolute Gasteiger partial charge is 0.0689 e. The van der Waals surface area contributed by atoms with Crippen molar-refractivity contribution in [2.45, 2.75) is 103 Å². The van der Waals surface area contributed by atoms with E-state index in [0.29, 0.717) is 12.0 Å². The molecule has 0 bridgehead atoms. The van der Waals surface area contributed by atoms with Crippen molar-refractivity contribution in [3.8, 4) is 6.07 Å². The number of hydrogen-bond donors (Lipinski definition) is 0. The fraction of sp³-hybridized carbons (Fsp3) is 0.952. The summed E-state index contributed by atoms with van der Waals surface area (Å²) in [5.74, 6) is 1.67. The van der Waals surface area contributed by atoms with E-state index < -0.39 is 0 Å². The van der Waals surface area contributed by atoms with Gasteiger partial charge in [-0.15, -0.1) is 0 Å². The Labute approximate surface area is 144 Å². The van der Waals surface area contributed by atoms with Crippen molar-refractivity contribution in [3.05, 3.63) is 0 Å². The maximum Gasteiger partial charge on any atom is 0.0689 e. The van der Waals surface area contributed by atoms with Crippen molar-refractivity contribution in [2.75, 3.05) is 6.61 Å². The highest BCUT2D eigenvalue weighted by atomic mass is 16.5. The van der Waals surface area contributed by atoms with Crippen LogP contribution in [0.5, 0.6) is 0 Å². The average Bonchev–Trinajstić information content (AvgIpc) is 2.60. The monoisotopic (exact) mass is 319 g/mol. The van der Waals surface area contributed by atoms with Crippen LogP contribution in [0.15, 0.2) is 0 Å². The van der Waals surface area contributed by atoms with E-state index in [2.05, 4.69) is 19.9 Å². The van der Waals surface area contributed by atoms with E-state index in [-0.39, 0.29) is 5.41 Å². The van der Waals surface area contributed by atoms with Crippen molar-refractivity contribution < 1.29 is 4.74 Å². The van der Waals surface area contributed by atoms with Gasteiger partial charge in [-0.2, -0.15) is 5.26 Å². The van der Waals surface area contributed by atoms with E-state index in [0.717, 1.165) is 38.2 Å². The molecule has 2 fully saturated rings. The third-order valence-electron chi connectivity index (χ3n) is 6.36. The second-order valence-electron chi connectivity index (χ2n) is 8.20. The fourth-order valence-corrected chi connectivity index (χ4v) is 4.65. The van der Waals surface area contributed by atoms with Gasteiger partial charge in [-0.3, -0.25) is 0 Å². The maximum atomic E-state index is 9.50. The summed E-state index contributed by atoms with van der Waals surface area (Å²) in [4.78, 5) is 0. The molecular formula is C21H37NO. The lowest BCUT2D eigenvalue weighted by Gasteiger charge is -2.36. The van der Waals surface area contributed by atoms with Gasteiger partial charge in [-0.1, -0.05) is 39.5 Å². The summed E-state index contributed by atoms with van der Waals surface area (Å²) >= 11 is 0. The molecule has 2 aliphatic rings. The summed E-state index contributed by atoms with van der Waals surface area (Å²) in [6, 6.07) is 2.63. The summed E-state index contributed by atoms with van der Waals surface area (Å²) in [7, 11) is 0. The Morgan fingerprint density at radius 2 is 1.65 bits per heavy atom. The number of nitrogens with zero attached hydrogens (tertiary/aromatic N) is 1. The Balaban J connectivity index is 1.62. The highest BCUT2D eigenvalue weighted by molar-refractivity contribution is 5.01. The first-order valence-corrected chi connectivity index (χ1v) is 10.2. The number of nitriles is 1. The molecule has 0 atom stereocenters. The summed E-state index contributed by atoms with van der Waals surface area (Å²) in [5.41, 5.74) is -0.0113. The lowest BCUT2D eigenvalue weighted by atomic mass is 9.69. The minimum Gasteiger partial charge on any atom is -0.378 e. The van der Waals surface area contributed by atoms with E-state index >= 15 is 0 Å². The molecule has 132 valence electrons. The van der Waals surface area contributed by atoms with Gasteiger partial charge in [0.05, 0.1) is 17.6 Å². The summed E-state index contributed by atoms with van der Waals surface area (Å²) in [6.07, 6.45) is 16.8. The molecule has 0 spiro atoms. The van der Waals surface area contributed by atoms with Crippen molar-refractivity contribution in [2.24, 2.45) is 17.3 Å². The zero-order valence-electron chi connectivity index (χ0n) is 15.5. The predicted molar refractivity (Wildman–Crippen MR) is 96.1 cm³/mol. The molecule has 0 aromatic rings. The molecule has 2 aliphatic carbocycles. The van der Waals surface area contributed by atoms with Crippen LogP contribution in [-0.4, -0.2) is 12.7 Å². The van der Waals surface area contributed by atoms with Crippen LogP contribution < -0.4 is 0 Å². The van der Waals surface area contributed by atoms with Gasteiger partial charge in [0.1, 0.15) is 0 Å². The van der Waals surface area contributed by atoms with Gasteiger partial charge in [0, 0.05) is 6.61 Å². The van der Waals surface area contributed by atoms with Gasteiger partial charge in [-0.05, 0) is 69.6 Å². The van der Waals surface area contributed by atoms with Crippen LogP contribution in [0.4, 0.5) is 0 Å². The minimum atomic E-state index is -0.0113. The zero-order valence-corrected chi connectivity index (χ0v) is 15.5. The van der Waals surface area contributed by atoms with Crippen molar-refractivity contribution in [3.63, 3.8) is 0 Å². The first-order valence-electron chi connectivity index (χ1n) is 10.2. The Bertz CT molecular complexity index is 357. The van der Waals surface area contributed by atoms with E-state index in [9.17, 15) is 5.26 Å². The number of unbranched alkanes of at least 4 members (excludes halogenated alkanes) is 1. The fourth-order valence-electron chi connectivity index (χ4n) is 4.65. The topological polar surface area (TPSA) is 33.0 Å². The first kappa shape index (κ1) is 18.8. The second-order valence-corrected chi connectivity index (χ2v) is 8.20. The van der Waals surface area contributed by atoms with E-state index in [1.165, 1.54) is 57.8 Å². The Morgan fingerprint density at radius 1 is 0.957 bits per heavy atom. The molecule has 0 saturated heterocycles. The number of ether oxygens (including phenoxy) is 1. The molecule has 0 aliphatic heterocycles. The van der Waals surface area contributed by atoms with Crippen LogP contribution in [-0.2, 0) is 4.74 Å². The van der Waals surface area contributed by atoms with Crippen molar-refractivity contribution in [1.82, 2.24) is 0 Å². The molecule has 2 nitrogen and oxygen atoms in total. The molecule has 2 saturated carbocycles. The maximum absolute atomic E-state index is 9.50. The molecule has 2 rings (SSSR count). The van der Waals surface area contributed by atoms with Crippen LogP contribution in [0.25, 0.3) is 0 Å². The predicted octanol–water partition coefficient (Wildman–Crippen LogP) is 6.25. The molecule has 0 heterocycles. The van der Waals surface area contributed by atoms with Gasteiger partial charge >= 0.3 is 0 Å². The quantitative estimate of drug-likeness (QED) is 0.529. The molecule has 0 radical (unpaired) electrons. The van der Waals surface area contributed by atoms with Gasteiger partial charge in [0.2, 0.25) is 0 Å². The van der Waals surface area contributed by atoms with Gasteiger partial charge in [0.25, 0.3) is 0 Å². The van der Waals surface area contributed by atoms with Gasteiger partial charge in [-0.25, -0.2) is 0 Å². The Kier molecular flexibility index (Phi) is 7.90. The molecule has 0 aromatic heterocycles. The number of hydrogen-bond acceptors (Lipinski definition) is 2. The molecular weight excluding hydrogens is 282 g/mol. The highest BCUT2D eigenvalue weighted by Gasteiger charge is 2.35. The second kappa shape index (κ2) is 9.67. The van der Waals surface area contributed by atoms with E-state index in [1.807, 2.05) is 0 Å². The van der Waals surface area contributed by atoms with Crippen LogP contribution in [0.1, 0.15) is 97.3 Å². The first-order chi connectivity index (χ1) is 11.2. The van der Waals surface area contributed by atoms with Crippen LogP contribution >= 0.6 is 0 Å². The molecule has 0 N–H and O–H groups in total. The molecule has 0 aromatic carbocycles. The van der Waals surface area contributed by atoms with Crippen LogP contribution in [0, 0.1) is 28.6 Å². The van der Waals surface area contributed by atoms with Crippen molar-refractivity contribution >= 4 is 0 Å². The minimum absolute atomic E-state index is 0.0113. The standard InChI is InChI=1S/C21H37NO/c1-3-5-6-18-7-9-20(10-8-18)23-16-19-11-14-21(17-22,13-4-2)15-12-19/h18-20H,3-16H2,1-2H3/t18-,19-,20-,21-. The van der Waals surface area contributed by atoms with Gasteiger partial charge in [0.15, 0.2) is 0 Å². The zero-order chi connectivity index (χ0) is 16.5. The third kappa shape index (κ3) is 5.79. The van der Waals surface area contributed by atoms with Crippen LogP contribution in [0.3, 0.4) is 0 Å². The lowest BCUT2D eigenvalue weighted by molar-refractivity contribution is -0.0134. The lowest BCUT2D eigenvalue weighted by Crippen LogP contribution is -2.30. The Hall–Kier alpha value is -0.550. The van der Waals surface area contributed by atoms with E-state index in [4.69, 9.17) is 4.74 Å².